The van der Waals surface area contributed by atoms with Gasteiger partial charge in [0.1, 0.15) is 0 Å². The average Bonchev–Trinajstić information content (AvgIpc) is 2.72. The zero-order chi connectivity index (χ0) is 14.8. The highest BCUT2D eigenvalue weighted by molar-refractivity contribution is 5.01. The Bertz CT molecular complexity index is 416. The summed E-state index contributed by atoms with van der Waals surface area (Å²) in [4.78, 5) is 0. The van der Waals surface area contributed by atoms with Crippen LogP contribution in [0.3, 0.4) is 0 Å². The Kier molecular flexibility index (Phi) is 4.90. The lowest BCUT2D eigenvalue weighted by molar-refractivity contribution is 0.173. The van der Waals surface area contributed by atoms with E-state index >= 15 is 0 Å². The predicted molar refractivity (Wildman–Crippen MR) is 84.7 cm³/mol. The van der Waals surface area contributed by atoms with Crippen LogP contribution in [0, 0.1) is 17.8 Å². The molecule has 0 saturated heterocycles. The average molecular weight is 277 g/mol. The quantitative estimate of drug-likeness (QED) is 0.914. The fraction of sp³-hybridized carbons (Fsp3) is 0.824. The van der Waals surface area contributed by atoms with E-state index in [4.69, 9.17) is 0 Å². The van der Waals surface area contributed by atoms with E-state index in [0.717, 1.165) is 30.7 Å². The van der Waals surface area contributed by atoms with E-state index in [1.165, 1.54) is 25.0 Å². The van der Waals surface area contributed by atoms with Crippen LogP contribution in [0.5, 0.6) is 0 Å². The molecule has 1 aromatic heterocycles. The lowest BCUT2D eigenvalue weighted by Crippen LogP contribution is -2.42. The number of nitrogens with one attached hydrogen (secondary N) is 1. The molecule has 0 spiro atoms. The van der Waals surface area contributed by atoms with Gasteiger partial charge in [-0.05, 0) is 70.4 Å². The molecule has 1 N–H and O–H groups in total. The van der Waals surface area contributed by atoms with E-state index in [0.29, 0.717) is 0 Å². The Morgan fingerprint density at radius 1 is 1.30 bits per heavy atom. The van der Waals surface area contributed by atoms with Gasteiger partial charge in [0.25, 0.3) is 0 Å². The fourth-order valence-electron chi connectivity index (χ4n) is 3.36. The third-order valence-corrected chi connectivity index (χ3v) is 4.54. The number of hydrogen-bond donors (Lipinski definition) is 1. The molecule has 2 rings (SSSR count). The van der Waals surface area contributed by atoms with Crippen LogP contribution in [0.4, 0.5) is 0 Å². The van der Waals surface area contributed by atoms with E-state index in [1.807, 2.05) is 11.7 Å². The topological polar surface area (TPSA) is 29.9 Å². The molecule has 3 nitrogen and oxygen atoms in total. The summed E-state index contributed by atoms with van der Waals surface area (Å²) in [6.45, 7) is 10.3. The standard InChI is InChI=1S/C17H31N3/c1-13-6-7-14(12-18-17(2,3)4)15(10-13)11-16-8-9-20(5)19-16/h8-9,13-15,18H,6-7,10-12H2,1-5H3. The van der Waals surface area contributed by atoms with Gasteiger partial charge in [0.2, 0.25) is 0 Å². The third kappa shape index (κ3) is 4.62. The van der Waals surface area contributed by atoms with E-state index in [9.17, 15) is 0 Å². The summed E-state index contributed by atoms with van der Waals surface area (Å²) in [5, 5.41) is 8.27. The maximum Gasteiger partial charge on any atom is 0.0627 e. The van der Waals surface area contributed by atoms with Crippen LogP contribution in [0.1, 0.15) is 52.7 Å². The van der Waals surface area contributed by atoms with Gasteiger partial charge in [0, 0.05) is 18.8 Å². The summed E-state index contributed by atoms with van der Waals surface area (Å²) >= 11 is 0. The summed E-state index contributed by atoms with van der Waals surface area (Å²) in [6.07, 6.45) is 7.30. The summed E-state index contributed by atoms with van der Waals surface area (Å²) in [5.74, 6) is 2.45. The second-order valence-electron chi connectivity index (χ2n) is 7.75. The van der Waals surface area contributed by atoms with Crippen LogP contribution in [-0.2, 0) is 13.5 Å². The molecule has 1 aliphatic carbocycles. The summed E-state index contributed by atoms with van der Waals surface area (Å²) in [6, 6.07) is 2.17. The molecule has 1 heterocycles. The lowest BCUT2D eigenvalue weighted by atomic mass is 9.72. The van der Waals surface area contributed by atoms with Crippen molar-refractivity contribution in [1.29, 1.82) is 0 Å². The highest BCUT2D eigenvalue weighted by Gasteiger charge is 2.29. The van der Waals surface area contributed by atoms with Gasteiger partial charge in [0.15, 0.2) is 0 Å². The van der Waals surface area contributed by atoms with Crippen molar-refractivity contribution < 1.29 is 0 Å². The molecule has 1 aliphatic rings. The smallest absolute Gasteiger partial charge is 0.0627 e. The van der Waals surface area contributed by atoms with Crippen molar-refractivity contribution >= 4 is 0 Å². The number of rotatable bonds is 4. The lowest BCUT2D eigenvalue weighted by Gasteiger charge is -2.36. The molecule has 1 saturated carbocycles. The molecule has 114 valence electrons. The second-order valence-corrected chi connectivity index (χ2v) is 7.75. The number of aryl methyl sites for hydroxylation is 1. The van der Waals surface area contributed by atoms with Crippen LogP contribution < -0.4 is 5.32 Å². The van der Waals surface area contributed by atoms with Crippen molar-refractivity contribution in [1.82, 2.24) is 15.1 Å². The highest BCUT2D eigenvalue weighted by atomic mass is 15.2. The molecule has 0 aliphatic heterocycles. The molecule has 0 aromatic carbocycles. The minimum Gasteiger partial charge on any atom is -0.312 e. The second kappa shape index (κ2) is 6.30. The molecule has 0 bridgehead atoms. The Labute approximate surface area is 124 Å². The van der Waals surface area contributed by atoms with Crippen molar-refractivity contribution in [2.75, 3.05) is 6.54 Å². The van der Waals surface area contributed by atoms with Gasteiger partial charge in [-0.3, -0.25) is 4.68 Å². The van der Waals surface area contributed by atoms with Crippen LogP contribution in [0.2, 0.25) is 0 Å². The van der Waals surface area contributed by atoms with E-state index in [-0.39, 0.29) is 5.54 Å². The molecular formula is C17H31N3. The summed E-state index contributed by atoms with van der Waals surface area (Å²) in [5.41, 5.74) is 1.48. The zero-order valence-corrected chi connectivity index (χ0v) is 13.8. The van der Waals surface area contributed by atoms with Crippen molar-refractivity contribution in [2.24, 2.45) is 24.8 Å². The molecule has 3 unspecified atom stereocenters. The van der Waals surface area contributed by atoms with Gasteiger partial charge in [-0.25, -0.2) is 0 Å². The van der Waals surface area contributed by atoms with Gasteiger partial charge >= 0.3 is 0 Å². The van der Waals surface area contributed by atoms with Gasteiger partial charge in [-0.15, -0.1) is 0 Å². The molecule has 1 aromatic rings. The highest BCUT2D eigenvalue weighted by Crippen LogP contribution is 2.35. The van der Waals surface area contributed by atoms with Crippen molar-refractivity contribution in [2.45, 2.75) is 58.9 Å². The number of aromatic nitrogens is 2. The van der Waals surface area contributed by atoms with E-state index in [2.05, 4.69) is 50.4 Å². The Morgan fingerprint density at radius 3 is 2.65 bits per heavy atom. The normalized spacial score (nSPS) is 27.8. The first-order valence-electron chi connectivity index (χ1n) is 8.07. The minimum atomic E-state index is 0.221. The maximum atomic E-state index is 4.57. The molecule has 3 heteroatoms. The Morgan fingerprint density at radius 2 is 2.05 bits per heavy atom. The predicted octanol–water partition coefficient (Wildman–Crippen LogP) is 3.40. The number of nitrogens with zero attached hydrogens (tertiary/aromatic N) is 2. The largest absolute Gasteiger partial charge is 0.312 e. The van der Waals surface area contributed by atoms with Gasteiger partial charge in [-0.1, -0.05) is 13.3 Å². The van der Waals surface area contributed by atoms with Gasteiger partial charge < -0.3 is 5.32 Å². The van der Waals surface area contributed by atoms with Crippen molar-refractivity contribution in [3.8, 4) is 0 Å². The molecule has 3 atom stereocenters. The van der Waals surface area contributed by atoms with E-state index < -0.39 is 0 Å². The Hall–Kier alpha value is -0.830. The first-order chi connectivity index (χ1) is 9.33. The van der Waals surface area contributed by atoms with Crippen LogP contribution in [0.25, 0.3) is 0 Å². The summed E-state index contributed by atoms with van der Waals surface area (Å²) < 4.78 is 1.92. The molecular weight excluding hydrogens is 246 g/mol. The number of hydrogen-bond acceptors (Lipinski definition) is 2. The first kappa shape index (κ1) is 15.6. The van der Waals surface area contributed by atoms with Crippen molar-refractivity contribution in [3.05, 3.63) is 18.0 Å². The minimum absolute atomic E-state index is 0.221. The molecule has 20 heavy (non-hydrogen) atoms. The Balaban J connectivity index is 1.97. The van der Waals surface area contributed by atoms with Crippen LogP contribution in [0.15, 0.2) is 12.3 Å². The molecule has 0 amide bonds. The van der Waals surface area contributed by atoms with Gasteiger partial charge in [-0.2, -0.15) is 5.10 Å². The molecule has 1 fully saturated rings. The third-order valence-electron chi connectivity index (χ3n) is 4.54. The monoisotopic (exact) mass is 277 g/mol. The van der Waals surface area contributed by atoms with Gasteiger partial charge in [0.05, 0.1) is 5.69 Å². The zero-order valence-electron chi connectivity index (χ0n) is 13.8. The fourth-order valence-corrected chi connectivity index (χ4v) is 3.36. The first-order valence-corrected chi connectivity index (χ1v) is 8.07. The summed E-state index contributed by atoms with van der Waals surface area (Å²) in [7, 11) is 2.01. The maximum absolute atomic E-state index is 4.57. The van der Waals surface area contributed by atoms with Crippen molar-refractivity contribution in [3.63, 3.8) is 0 Å². The van der Waals surface area contributed by atoms with E-state index in [1.54, 1.807) is 0 Å². The SMILES string of the molecule is CC1CCC(CNC(C)(C)C)C(Cc2ccn(C)n2)C1. The molecule has 0 radical (unpaired) electrons. The van der Waals surface area contributed by atoms with Crippen LogP contribution >= 0.6 is 0 Å². The van der Waals surface area contributed by atoms with Crippen LogP contribution in [-0.4, -0.2) is 21.9 Å².